The minimum Gasteiger partial charge on any atom is -0.497 e. The van der Waals surface area contributed by atoms with Gasteiger partial charge >= 0.3 is 0 Å². The Balaban J connectivity index is 2.03. The Hall–Kier alpha value is -2.20. The van der Waals surface area contributed by atoms with Gasteiger partial charge in [-0.2, -0.15) is 0 Å². The highest BCUT2D eigenvalue weighted by Gasteiger charge is 2.13. The number of ether oxygens (including phenoxy) is 1. The summed E-state index contributed by atoms with van der Waals surface area (Å²) in [5.74, 6) is 0.749. The predicted octanol–water partition coefficient (Wildman–Crippen LogP) is 3.84. The molecular weight excluding hydrogens is 270 g/mol. The van der Waals surface area contributed by atoms with E-state index in [4.69, 9.17) is 4.74 Å². The average Bonchev–Trinajstić information content (AvgIpc) is 2.93. The summed E-state index contributed by atoms with van der Waals surface area (Å²) in [7, 11) is 1.62. The summed E-state index contributed by atoms with van der Waals surface area (Å²) >= 11 is 1.59. The Kier molecular flexibility index (Phi) is 3.24. The first-order chi connectivity index (χ1) is 9.69. The van der Waals surface area contributed by atoms with Crippen LogP contribution in [-0.2, 0) is 0 Å². The van der Waals surface area contributed by atoms with Gasteiger partial charge in [0.05, 0.1) is 17.3 Å². The van der Waals surface area contributed by atoms with Crippen molar-refractivity contribution in [2.24, 2.45) is 0 Å². The molecule has 0 aliphatic heterocycles. The minimum absolute atomic E-state index is 0.00652. The van der Waals surface area contributed by atoms with Gasteiger partial charge in [-0.05, 0) is 48.2 Å². The van der Waals surface area contributed by atoms with Crippen LogP contribution in [0.3, 0.4) is 0 Å². The molecule has 3 aromatic rings. The molecule has 2 heterocycles. The van der Waals surface area contributed by atoms with Crippen LogP contribution >= 0.6 is 11.3 Å². The van der Waals surface area contributed by atoms with E-state index in [1.165, 1.54) is 0 Å². The van der Waals surface area contributed by atoms with Crippen LogP contribution in [0.4, 0.5) is 0 Å². The fraction of sp³-hybridized carbons (Fsp3) is 0.125. The third-order valence-electron chi connectivity index (χ3n) is 3.24. The fourth-order valence-electron chi connectivity index (χ4n) is 2.14. The standard InChI is InChI=1S/C16H13NO2S/c1-10-7-12(19-2)3-4-13(10)16(18)11-8-15-14(17-9-11)5-6-20-15/h3-9H,1-2H3. The molecule has 2 aromatic heterocycles. The molecule has 100 valence electrons. The van der Waals surface area contributed by atoms with Gasteiger partial charge < -0.3 is 4.74 Å². The van der Waals surface area contributed by atoms with Crippen LogP contribution in [0.2, 0.25) is 0 Å². The molecule has 0 saturated carbocycles. The van der Waals surface area contributed by atoms with Gasteiger partial charge in [0.25, 0.3) is 0 Å². The second-order valence-corrected chi connectivity index (χ2v) is 5.49. The average molecular weight is 283 g/mol. The number of rotatable bonds is 3. The van der Waals surface area contributed by atoms with Gasteiger partial charge in [-0.3, -0.25) is 9.78 Å². The lowest BCUT2D eigenvalue weighted by molar-refractivity contribution is 0.103. The Morgan fingerprint density at radius 1 is 1.25 bits per heavy atom. The van der Waals surface area contributed by atoms with Gasteiger partial charge in [0.15, 0.2) is 5.78 Å². The largest absolute Gasteiger partial charge is 0.497 e. The summed E-state index contributed by atoms with van der Waals surface area (Å²) < 4.78 is 6.19. The highest BCUT2D eigenvalue weighted by Crippen LogP contribution is 2.23. The maximum absolute atomic E-state index is 12.6. The first-order valence-corrected chi connectivity index (χ1v) is 7.09. The maximum Gasteiger partial charge on any atom is 0.194 e. The van der Waals surface area contributed by atoms with Gasteiger partial charge in [-0.1, -0.05) is 0 Å². The normalized spacial score (nSPS) is 10.7. The number of hydrogen-bond acceptors (Lipinski definition) is 4. The van der Waals surface area contributed by atoms with Crippen molar-refractivity contribution in [1.82, 2.24) is 4.98 Å². The molecule has 3 nitrogen and oxygen atoms in total. The molecule has 0 fully saturated rings. The first kappa shape index (κ1) is 12.8. The number of carbonyl (C=O) groups is 1. The lowest BCUT2D eigenvalue weighted by atomic mass is 10.00. The molecule has 0 aliphatic carbocycles. The van der Waals surface area contributed by atoms with E-state index in [9.17, 15) is 4.79 Å². The monoisotopic (exact) mass is 283 g/mol. The SMILES string of the molecule is COc1ccc(C(=O)c2cnc3ccsc3c2)c(C)c1. The molecule has 0 saturated heterocycles. The van der Waals surface area contributed by atoms with Crippen molar-refractivity contribution in [1.29, 1.82) is 0 Å². The number of benzene rings is 1. The van der Waals surface area contributed by atoms with Crippen LogP contribution in [0.1, 0.15) is 21.5 Å². The molecule has 20 heavy (non-hydrogen) atoms. The molecule has 4 heteroatoms. The smallest absolute Gasteiger partial charge is 0.194 e. The number of thiophene rings is 1. The number of fused-ring (bicyclic) bond motifs is 1. The number of aromatic nitrogens is 1. The number of nitrogens with zero attached hydrogens (tertiary/aromatic N) is 1. The molecular formula is C16H13NO2S. The molecule has 0 unspecified atom stereocenters. The molecule has 0 radical (unpaired) electrons. The van der Waals surface area contributed by atoms with Crippen LogP contribution in [0.25, 0.3) is 10.2 Å². The number of pyridine rings is 1. The summed E-state index contributed by atoms with van der Waals surface area (Å²) in [5, 5.41) is 1.98. The maximum atomic E-state index is 12.6. The van der Waals surface area contributed by atoms with Crippen molar-refractivity contribution >= 4 is 27.3 Å². The number of aryl methyl sites for hydroxylation is 1. The van der Waals surface area contributed by atoms with Gasteiger partial charge in [0.2, 0.25) is 0 Å². The van der Waals surface area contributed by atoms with Gasteiger partial charge in [-0.25, -0.2) is 0 Å². The topological polar surface area (TPSA) is 39.2 Å². The summed E-state index contributed by atoms with van der Waals surface area (Å²) in [6.07, 6.45) is 1.64. The summed E-state index contributed by atoms with van der Waals surface area (Å²) in [4.78, 5) is 16.9. The first-order valence-electron chi connectivity index (χ1n) is 6.21. The molecule has 1 aromatic carbocycles. The van der Waals surface area contributed by atoms with Crippen molar-refractivity contribution in [3.63, 3.8) is 0 Å². The van der Waals surface area contributed by atoms with Crippen LogP contribution in [-0.4, -0.2) is 17.9 Å². The predicted molar refractivity (Wildman–Crippen MR) is 80.8 cm³/mol. The Morgan fingerprint density at radius 2 is 2.10 bits per heavy atom. The minimum atomic E-state index is -0.00652. The van der Waals surface area contributed by atoms with Crippen molar-refractivity contribution in [3.05, 3.63) is 58.6 Å². The third-order valence-corrected chi connectivity index (χ3v) is 4.10. The van der Waals surface area contributed by atoms with E-state index >= 15 is 0 Å². The van der Waals surface area contributed by atoms with Crippen LogP contribution in [0.5, 0.6) is 5.75 Å². The van der Waals surface area contributed by atoms with E-state index in [2.05, 4.69) is 4.98 Å². The second-order valence-electron chi connectivity index (χ2n) is 4.54. The van der Waals surface area contributed by atoms with E-state index in [0.29, 0.717) is 11.1 Å². The van der Waals surface area contributed by atoms with Crippen molar-refractivity contribution in [2.75, 3.05) is 7.11 Å². The number of methoxy groups -OCH3 is 1. The van der Waals surface area contributed by atoms with Crippen LogP contribution in [0.15, 0.2) is 41.9 Å². The number of hydrogen-bond donors (Lipinski definition) is 0. The molecule has 0 amide bonds. The van der Waals surface area contributed by atoms with Gasteiger partial charge in [0, 0.05) is 17.3 Å². The molecule has 0 atom stereocenters. The summed E-state index contributed by atoms with van der Waals surface area (Å²) in [6, 6.07) is 9.32. The van der Waals surface area contributed by atoms with Crippen molar-refractivity contribution in [2.45, 2.75) is 6.92 Å². The zero-order valence-corrected chi connectivity index (χ0v) is 12.0. The van der Waals surface area contributed by atoms with E-state index in [1.54, 1.807) is 36.8 Å². The molecule has 0 spiro atoms. The van der Waals surface area contributed by atoms with E-state index in [0.717, 1.165) is 21.5 Å². The number of carbonyl (C=O) groups excluding carboxylic acids is 1. The van der Waals surface area contributed by atoms with E-state index in [-0.39, 0.29) is 5.78 Å². The molecule has 0 aliphatic rings. The number of ketones is 1. The highest BCUT2D eigenvalue weighted by atomic mass is 32.1. The van der Waals surface area contributed by atoms with E-state index < -0.39 is 0 Å². The second kappa shape index (κ2) is 5.06. The van der Waals surface area contributed by atoms with E-state index in [1.807, 2.05) is 30.5 Å². The summed E-state index contributed by atoms with van der Waals surface area (Å²) in [6.45, 7) is 1.91. The Labute approximate surface area is 120 Å². The van der Waals surface area contributed by atoms with Crippen LogP contribution < -0.4 is 4.74 Å². The summed E-state index contributed by atoms with van der Waals surface area (Å²) in [5.41, 5.74) is 3.13. The zero-order chi connectivity index (χ0) is 14.1. The van der Waals surface area contributed by atoms with Crippen molar-refractivity contribution in [3.8, 4) is 5.75 Å². The third kappa shape index (κ3) is 2.18. The van der Waals surface area contributed by atoms with Crippen LogP contribution in [0, 0.1) is 6.92 Å². The Morgan fingerprint density at radius 3 is 2.85 bits per heavy atom. The van der Waals surface area contributed by atoms with Gasteiger partial charge in [-0.15, -0.1) is 11.3 Å². The quantitative estimate of drug-likeness (QED) is 0.685. The lowest BCUT2D eigenvalue weighted by Crippen LogP contribution is -2.04. The highest BCUT2D eigenvalue weighted by molar-refractivity contribution is 7.17. The van der Waals surface area contributed by atoms with Gasteiger partial charge in [0.1, 0.15) is 5.75 Å². The fourth-order valence-corrected chi connectivity index (χ4v) is 2.92. The lowest BCUT2D eigenvalue weighted by Gasteiger charge is -2.07. The molecule has 3 rings (SSSR count). The Bertz CT molecular complexity index is 792. The molecule has 0 N–H and O–H groups in total. The van der Waals surface area contributed by atoms with Crippen molar-refractivity contribution < 1.29 is 9.53 Å². The molecule has 0 bridgehead atoms. The zero-order valence-electron chi connectivity index (χ0n) is 11.2.